The molecule has 70 valence electrons. The normalized spacial score (nSPS) is 12.2. The van der Waals surface area contributed by atoms with E-state index in [4.69, 9.17) is 17.3 Å². The Hall–Kier alpha value is 0.240. The third-order valence-electron chi connectivity index (χ3n) is 1.66. The van der Waals surface area contributed by atoms with Crippen LogP contribution in [0.1, 0.15) is 18.2 Å². The molecule has 12 heavy (non-hydrogen) atoms. The SMILES string of the molecule is CC[C@@H](N)Cc1sccc1Cl.Cl. The number of rotatable bonds is 3. The maximum absolute atomic E-state index is 5.90. The van der Waals surface area contributed by atoms with Crippen LogP contribution in [-0.2, 0) is 6.42 Å². The first-order valence-electron chi connectivity index (χ1n) is 3.71. The molecule has 0 aliphatic rings. The van der Waals surface area contributed by atoms with Gasteiger partial charge in [0.25, 0.3) is 0 Å². The smallest absolute Gasteiger partial charge is 0.0545 e. The summed E-state index contributed by atoms with van der Waals surface area (Å²) in [6.45, 7) is 2.09. The van der Waals surface area contributed by atoms with Gasteiger partial charge in [-0.3, -0.25) is 0 Å². The predicted octanol–water partition coefficient (Wildman–Crippen LogP) is 3.10. The predicted molar refractivity (Wildman–Crippen MR) is 58.5 cm³/mol. The van der Waals surface area contributed by atoms with E-state index in [2.05, 4.69) is 6.92 Å². The number of hydrogen-bond acceptors (Lipinski definition) is 2. The third-order valence-corrected chi connectivity index (χ3v) is 3.07. The van der Waals surface area contributed by atoms with Gasteiger partial charge in [0.2, 0.25) is 0 Å². The van der Waals surface area contributed by atoms with Gasteiger partial charge in [0.15, 0.2) is 0 Å². The molecular formula is C8H13Cl2NS. The average molecular weight is 226 g/mol. The lowest BCUT2D eigenvalue weighted by molar-refractivity contribution is 0.652. The standard InChI is InChI=1S/C8H12ClNS.ClH/c1-2-6(10)5-8-7(9)3-4-11-8;/h3-4,6H,2,5,10H2,1H3;1H/t6-;/m1./s1. The van der Waals surface area contributed by atoms with Gasteiger partial charge in [0.1, 0.15) is 0 Å². The van der Waals surface area contributed by atoms with Crippen LogP contribution in [0, 0.1) is 0 Å². The van der Waals surface area contributed by atoms with E-state index in [1.54, 1.807) is 11.3 Å². The Labute approximate surface area is 88.3 Å². The summed E-state index contributed by atoms with van der Waals surface area (Å²) in [4.78, 5) is 1.21. The maximum atomic E-state index is 5.90. The van der Waals surface area contributed by atoms with Crippen molar-refractivity contribution in [1.29, 1.82) is 0 Å². The Morgan fingerprint density at radius 1 is 1.67 bits per heavy atom. The summed E-state index contributed by atoms with van der Waals surface area (Å²) in [5.74, 6) is 0. The van der Waals surface area contributed by atoms with Gasteiger partial charge in [-0.2, -0.15) is 0 Å². The molecule has 1 aromatic heterocycles. The molecule has 1 rings (SSSR count). The number of thiophene rings is 1. The van der Waals surface area contributed by atoms with Crippen LogP contribution in [0.3, 0.4) is 0 Å². The molecule has 1 heterocycles. The van der Waals surface area contributed by atoms with Crippen molar-refractivity contribution >= 4 is 35.3 Å². The van der Waals surface area contributed by atoms with Gasteiger partial charge in [-0.25, -0.2) is 0 Å². The van der Waals surface area contributed by atoms with Gasteiger partial charge in [0.05, 0.1) is 5.02 Å². The van der Waals surface area contributed by atoms with Crippen molar-refractivity contribution in [2.75, 3.05) is 0 Å². The lowest BCUT2D eigenvalue weighted by Crippen LogP contribution is -2.20. The van der Waals surface area contributed by atoms with Gasteiger partial charge in [-0.1, -0.05) is 18.5 Å². The van der Waals surface area contributed by atoms with Crippen molar-refractivity contribution in [1.82, 2.24) is 0 Å². The van der Waals surface area contributed by atoms with Gasteiger partial charge in [-0.15, -0.1) is 23.7 Å². The third kappa shape index (κ3) is 3.31. The van der Waals surface area contributed by atoms with Gasteiger partial charge >= 0.3 is 0 Å². The minimum atomic E-state index is 0. The highest BCUT2D eigenvalue weighted by molar-refractivity contribution is 7.10. The van der Waals surface area contributed by atoms with Crippen molar-refractivity contribution in [3.63, 3.8) is 0 Å². The molecule has 0 aromatic carbocycles. The average Bonchev–Trinajstić information content (AvgIpc) is 2.37. The quantitative estimate of drug-likeness (QED) is 0.841. The zero-order chi connectivity index (χ0) is 8.27. The molecule has 0 unspecified atom stereocenters. The zero-order valence-corrected chi connectivity index (χ0v) is 9.31. The summed E-state index contributed by atoms with van der Waals surface area (Å²) in [5, 5.41) is 2.86. The van der Waals surface area contributed by atoms with Crippen LogP contribution in [0.5, 0.6) is 0 Å². The first-order valence-corrected chi connectivity index (χ1v) is 4.97. The lowest BCUT2D eigenvalue weighted by atomic mass is 10.1. The Bertz CT molecular complexity index is 225. The second-order valence-corrected chi connectivity index (χ2v) is 3.97. The summed E-state index contributed by atoms with van der Waals surface area (Å²) in [5.41, 5.74) is 5.78. The first-order chi connectivity index (χ1) is 5.24. The molecule has 0 bridgehead atoms. The van der Waals surface area contributed by atoms with E-state index in [-0.39, 0.29) is 18.4 Å². The molecular weight excluding hydrogens is 213 g/mol. The Kier molecular flexibility index (Phi) is 5.93. The lowest BCUT2D eigenvalue weighted by Gasteiger charge is -2.05. The maximum Gasteiger partial charge on any atom is 0.0545 e. The van der Waals surface area contributed by atoms with E-state index in [9.17, 15) is 0 Å². The molecule has 0 aliphatic heterocycles. The molecule has 4 heteroatoms. The van der Waals surface area contributed by atoms with Crippen molar-refractivity contribution in [2.24, 2.45) is 5.73 Å². The molecule has 0 spiro atoms. The van der Waals surface area contributed by atoms with E-state index >= 15 is 0 Å². The minimum absolute atomic E-state index is 0. The van der Waals surface area contributed by atoms with Crippen molar-refractivity contribution in [3.8, 4) is 0 Å². The fourth-order valence-electron chi connectivity index (χ4n) is 0.853. The zero-order valence-electron chi connectivity index (χ0n) is 6.92. The number of nitrogens with two attached hydrogens (primary N) is 1. The Morgan fingerprint density at radius 2 is 2.33 bits per heavy atom. The highest BCUT2D eigenvalue weighted by atomic mass is 35.5. The number of hydrogen-bond donors (Lipinski definition) is 1. The highest BCUT2D eigenvalue weighted by Crippen LogP contribution is 2.23. The van der Waals surface area contributed by atoms with Crippen LogP contribution in [0.2, 0.25) is 5.02 Å². The fraction of sp³-hybridized carbons (Fsp3) is 0.500. The molecule has 1 atom stereocenters. The first kappa shape index (κ1) is 12.2. The molecule has 0 aliphatic carbocycles. The second-order valence-electron chi connectivity index (χ2n) is 2.56. The largest absolute Gasteiger partial charge is 0.327 e. The molecule has 2 N–H and O–H groups in total. The van der Waals surface area contributed by atoms with Crippen molar-refractivity contribution in [2.45, 2.75) is 25.8 Å². The topological polar surface area (TPSA) is 26.0 Å². The van der Waals surface area contributed by atoms with Crippen LogP contribution < -0.4 is 5.73 Å². The summed E-state index contributed by atoms with van der Waals surface area (Å²) in [6, 6.07) is 2.18. The van der Waals surface area contributed by atoms with Crippen LogP contribution >= 0.6 is 35.3 Å². The summed E-state index contributed by atoms with van der Waals surface area (Å²) >= 11 is 7.58. The van der Waals surface area contributed by atoms with Crippen LogP contribution in [0.4, 0.5) is 0 Å². The van der Waals surface area contributed by atoms with Crippen molar-refractivity contribution < 1.29 is 0 Å². The van der Waals surface area contributed by atoms with E-state index in [1.807, 2.05) is 11.4 Å². The Balaban J connectivity index is 0.00000121. The summed E-state index contributed by atoms with van der Waals surface area (Å²) < 4.78 is 0. The molecule has 0 saturated heterocycles. The molecule has 0 fully saturated rings. The fourth-order valence-corrected chi connectivity index (χ4v) is 2.06. The summed E-state index contributed by atoms with van der Waals surface area (Å²) in [6.07, 6.45) is 1.92. The van der Waals surface area contributed by atoms with Gasteiger partial charge in [-0.05, 0) is 24.3 Å². The van der Waals surface area contributed by atoms with Crippen LogP contribution in [-0.4, -0.2) is 6.04 Å². The second kappa shape index (κ2) is 5.81. The molecule has 1 nitrogen and oxygen atoms in total. The van der Waals surface area contributed by atoms with E-state index in [0.29, 0.717) is 0 Å². The molecule has 0 radical (unpaired) electrons. The monoisotopic (exact) mass is 225 g/mol. The van der Waals surface area contributed by atoms with E-state index < -0.39 is 0 Å². The van der Waals surface area contributed by atoms with Gasteiger partial charge < -0.3 is 5.73 Å². The highest BCUT2D eigenvalue weighted by Gasteiger charge is 2.05. The number of halogens is 2. The molecule has 1 aromatic rings. The van der Waals surface area contributed by atoms with Crippen LogP contribution in [0.15, 0.2) is 11.4 Å². The minimum Gasteiger partial charge on any atom is -0.327 e. The molecule has 0 saturated carbocycles. The Morgan fingerprint density at radius 3 is 2.75 bits per heavy atom. The summed E-state index contributed by atoms with van der Waals surface area (Å²) in [7, 11) is 0. The van der Waals surface area contributed by atoms with E-state index in [1.165, 1.54) is 4.88 Å². The van der Waals surface area contributed by atoms with Crippen molar-refractivity contribution in [3.05, 3.63) is 21.3 Å². The van der Waals surface area contributed by atoms with Gasteiger partial charge in [0, 0.05) is 10.9 Å². The molecule has 0 amide bonds. The van der Waals surface area contributed by atoms with E-state index in [0.717, 1.165) is 17.9 Å². The van der Waals surface area contributed by atoms with Crippen LogP contribution in [0.25, 0.3) is 0 Å².